The summed E-state index contributed by atoms with van der Waals surface area (Å²) in [6.07, 6.45) is 0.632. The average Bonchev–Trinajstić information content (AvgIpc) is 2.85. The Balaban J connectivity index is 2.60. The van der Waals surface area contributed by atoms with Crippen LogP contribution in [0.5, 0.6) is 0 Å². The van der Waals surface area contributed by atoms with E-state index in [0.29, 0.717) is 11.3 Å². The van der Waals surface area contributed by atoms with Gasteiger partial charge in [-0.1, -0.05) is 49.1 Å². The monoisotopic (exact) mass is 550 g/mol. The minimum absolute atomic E-state index is 0.0609. The summed E-state index contributed by atoms with van der Waals surface area (Å²) in [5, 5.41) is 5.61. The topological polar surface area (TPSA) is 131 Å². The SMILES string of the molecule is C=Cc1cccc(C(C(=O)Nc2c(C)cccc2C)N(C(=O)C(CCC(N)=O)NC(=O)OC(C)(C)C)C(C)C)c1. The van der Waals surface area contributed by atoms with E-state index < -0.39 is 47.5 Å². The number of carbonyl (C=O) groups excluding carboxylic acids is 4. The number of nitrogens with zero attached hydrogens (tertiary/aromatic N) is 1. The van der Waals surface area contributed by atoms with Gasteiger partial charge in [0.2, 0.25) is 11.8 Å². The molecule has 9 nitrogen and oxygen atoms in total. The summed E-state index contributed by atoms with van der Waals surface area (Å²) in [5.74, 6) is -1.60. The van der Waals surface area contributed by atoms with E-state index in [2.05, 4.69) is 17.2 Å². The summed E-state index contributed by atoms with van der Waals surface area (Å²) in [7, 11) is 0. The Morgan fingerprint density at radius 2 is 1.65 bits per heavy atom. The van der Waals surface area contributed by atoms with Crippen molar-refractivity contribution in [3.05, 3.63) is 71.3 Å². The smallest absolute Gasteiger partial charge is 0.408 e. The highest BCUT2D eigenvalue weighted by Crippen LogP contribution is 2.29. The molecule has 0 spiro atoms. The van der Waals surface area contributed by atoms with Crippen molar-refractivity contribution < 1.29 is 23.9 Å². The van der Waals surface area contributed by atoms with E-state index in [-0.39, 0.29) is 12.8 Å². The Morgan fingerprint density at radius 1 is 1.05 bits per heavy atom. The summed E-state index contributed by atoms with van der Waals surface area (Å²) >= 11 is 0. The number of nitrogens with one attached hydrogen (secondary N) is 2. The van der Waals surface area contributed by atoms with Gasteiger partial charge in [-0.3, -0.25) is 14.4 Å². The quantitative estimate of drug-likeness (QED) is 0.362. The molecule has 2 aromatic rings. The minimum atomic E-state index is -1.16. The fourth-order valence-corrected chi connectivity index (χ4v) is 4.35. The van der Waals surface area contributed by atoms with Crippen molar-refractivity contribution in [2.24, 2.45) is 5.73 Å². The van der Waals surface area contributed by atoms with Crippen LogP contribution in [-0.4, -0.2) is 46.4 Å². The van der Waals surface area contributed by atoms with Gasteiger partial charge in [0.05, 0.1) is 0 Å². The average molecular weight is 551 g/mol. The maximum atomic E-state index is 14.2. The highest BCUT2D eigenvalue weighted by atomic mass is 16.6. The number of amides is 4. The number of hydrogen-bond donors (Lipinski definition) is 3. The van der Waals surface area contributed by atoms with Crippen LogP contribution < -0.4 is 16.4 Å². The molecule has 2 atom stereocenters. The molecule has 0 saturated carbocycles. The highest BCUT2D eigenvalue weighted by Gasteiger charge is 2.38. The second kappa shape index (κ2) is 13.8. The van der Waals surface area contributed by atoms with Gasteiger partial charge in [-0.25, -0.2) is 4.79 Å². The number of benzene rings is 2. The summed E-state index contributed by atoms with van der Waals surface area (Å²) in [6.45, 7) is 16.3. The molecular weight excluding hydrogens is 508 g/mol. The van der Waals surface area contributed by atoms with E-state index in [1.54, 1.807) is 58.9 Å². The lowest BCUT2D eigenvalue weighted by molar-refractivity contribution is -0.143. The van der Waals surface area contributed by atoms with Crippen LogP contribution >= 0.6 is 0 Å². The number of ether oxygens (including phenoxy) is 1. The van der Waals surface area contributed by atoms with Crippen molar-refractivity contribution in [1.82, 2.24) is 10.2 Å². The number of anilines is 1. The standard InChI is InChI=1S/C31H42N4O5/c1-9-22-14-11-15-23(18-22)27(28(37)34-26-20(4)12-10-13-21(26)5)35(19(2)3)29(38)24(16-17-25(32)36)33-30(39)40-31(6,7)8/h9-15,18-19,24,27H,1,16-17H2,2-8H3,(H2,32,36)(H,33,39)(H,34,37). The lowest BCUT2D eigenvalue weighted by Crippen LogP contribution is -2.54. The molecule has 0 aromatic heterocycles. The van der Waals surface area contributed by atoms with Crippen molar-refractivity contribution in [1.29, 1.82) is 0 Å². The first kappa shape index (κ1) is 32.1. The molecule has 0 aliphatic carbocycles. The van der Waals surface area contributed by atoms with Crippen LogP contribution in [0.2, 0.25) is 0 Å². The minimum Gasteiger partial charge on any atom is -0.444 e. The van der Waals surface area contributed by atoms with Crippen LogP contribution in [0.3, 0.4) is 0 Å². The van der Waals surface area contributed by atoms with Gasteiger partial charge in [0.1, 0.15) is 17.7 Å². The second-order valence-electron chi connectivity index (χ2n) is 11.1. The third-order valence-electron chi connectivity index (χ3n) is 6.20. The Hall–Kier alpha value is -4.14. The van der Waals surface area contributed by atoms with Gasteiger partial charge in [0, 0.05) is 18.2 Å². The molecule has 9 heteroatoms. The summed E-state index contributed by atoms with van der Waals surface area (Å²) < 4.78 is 5.37. The van der Waals surface area contributed by atoms with Gasteiger partial charge in [0.15, 0.2) is 0 Å². The van der Waals surface area contributed by atoms with E-state index in [9.17, 15) is 19.2 Å². The molecule has 4 amide bonds. The molecular formula is C31H42N4O5. The molecule has 0 radical (unpaired) electrons. The number of rotatable bonds is 11. The zero-order valence-electron chi connectivity index (χ0n) is 24.5. The van der Waals surface area contributed by atoms with Crippen molar-refractivity contribution in [2.75, 3.05) is 5.32 Å². The summed E-state index contributed by atoms with van der Waals surface area (Å²) in [5.41, 5.74) is 8.31. The van der Waals surface area contributed by atoms with Gasteiger partial charge in [0.25, 0.3) is 5.91 Å². The summed E-state index contributed by atoms with van der Waals surface area (Å²) in [6, 6.07) is 10.2. The number of aryl methyl sites for hydroxylation is 2. The molecule has 0 bridgehead atoms. The normalized spacial score (nSPS) is 12.7. The van der Waals surface area contributed by atoms with Crippen LogP contribution in [0, 0.1) is 13.8 Å². The first-order valence-corrected chi connectivity index (χ1v) is 13.3. The molecule has 2 unspecified atom stereocenters. The van der Waals surface area contributed by atoms with E-state index in [4.69, 9.17) is 10.5 Å². The zero-order valence-corrected chi connectivity index (χ0v) is 24.5. The maximum absolute atomic E-state index is 14.2. The Labute approximate surface area is 237 Å². The van der Waals surface area contributed by atoms with Gasteiger partial charge in [-0.2, -0.15) is 0 Å². The number of nitrogens with two attached hydrogens (primary N) is 1. The third-order valence-corrected chi connectivity index (χ3v) is 6.20. The van der Waals surface area contributed by atoms with Gasteiger partial charge in [-0.15, -0.1) is 0 Å². The first-order chi connectivity index (χ1) is 18.6. The molecule has 0 fully saturated rings. The van der Waals surface area contributed by atoms with Crippen molar-refractivity contribution in [2.45, 2.75) is 85.0 Å². The van der Waals surface area contributed by atoms with Crippen LogP contribution in [0.4, 0.5) is 10.5 Å². The number of primary amides is 1. The number of para-hydroxylation sites is 1. The molecule has 0 aliphatic heterocycles. The number of alkyl carbamates (subject to hydrolysis) is 1. The van der Waals surface area contributed by atoms with E-state index in [1.165, 1.54) is 4.90 Å². The first-order valence-electron chi connectivity index (χ1n) is 13.3. The Morgan fingerprint density at radius 3 is 2.17 bits per heavy atom. The molecule has 0 aliphatic rings. The van der Waals surface area contributed by atoms with Gasteiger partial charge in [-0.05, 0) is 83.2 Å². The van der Waals surface area contributed by atoms with Crippen LogP contribution in [-0.2, 0) is 19.1 Å². The maximum Gasteiger partial charge on any atom is 0.408 e. The molecule has 0 heterocycles. The second-order valence-corrected chi connectivity index (χ2v) is 11.1. The molecule has 2 aromatic carbocycles. The molecule has 40 heavy (non-hydrogen) atoms. The molecule has 0 saturated heterocycles. The fourth-order valence-electron chi connectivity index (χ4n) is 4.35. The van der Waals surface area contributed by atoms with Crippen molar-refractivity contribution >= 4 is 35.6 Å². The van der Waals surface area contributed by atoms with E-state index in [0.717, 1.165) is 16.7 Å². The van der Waals surface area contributed by atoms with Crippen LogP contribution in [0.1, 0.15) is 75.8 Å². The van der Waals surface area contributed by atoms with Gasteiger partial charge < -0.3 is 26.0 Å². The molecule has 4 N–H and O–H groups in total. The predicted molar refractivity (Wildman–Crippen MR) is 157 cm³/mol. The molecule has 216 valence electrons. The van der Waals surface area contributed by atoms with Crippen molar-refractivity contribution in [3.63, 3.8) is 0 Å². The Bertz CT molecular complexity index is 1230. The number of carbonyl (C=O) groups is 4. The van der Waals surface area contributed by atoms with Crippen LogP contribution in [0.25, 0.3) is 6.08 Å². The van der Waals surface area contributed by atoms with E-state index in [1.807, 2.05) is 38.1 Å². The number of hydrogen-bond acceptors (Lipinski definition) is 5. The van der Waals surface area contributed by atoms with Crippen molar-refractivity contribution in [3.8, 4) is 0 Å². The zero-order chi connectivity index (χ0) is 30.2. The Kier molecular flexibility index (Phi) is 11.0. The predicted octanol–water partition coefficient (Wildman–Crippen LogP) is 5.02. The lowest BCUT2D eigenvalue weighted by atomic mass is 9.97. The van der Waals surface area contributed by atoms with E-state index >= 15 is 0 Å². The third kappa shape index (κ3) is 8.97. The van der Waals surface area contributed by atoms with Gasteiger partial charge >= 0.3 is 6.09 Å². The highest BCUT2D eigenvalue weighted by molar-refractivity contribution is 6.00. The lowest BCUT2D eigenvalue weighted by Gasteiger charge is -2.37. The fraction of sp³-hybridized carbons (Fsp3) is 0.419. The largest absolute Gasteiger partial charge is 0.444 e. The van der Waals surface area contributed by atoms with Crippen LogP contribution in [0.15, 0.2) is 49.0 Å². The molecule has 2 rings (SSSR count). The summed E-state index contributed by atoms with van der Waals surface area (Å²) in [4.78, 5) is 53.9.